The Bertz CT molecular complexity index is 1480. The molecule has 0 aliphatic carbocycles. The zero-order valence-corrected chi connectivity index (χ0v) is 26.1. The fourth-order valence-electron chi connectivity index (χ4n) is 7.04. The zero-order chi connectivity index (χ0) is 32.2. The fraction of sp³-hybridized carbons (Fsp3) is 0.417. The van der Waals surface area contributed by atoms with E-state index in [1.54, 1.807) is 43.3 Å². The highest BCUT2D eigenvalue weighted by atomic mass is 19.1. The summed E-state index contributed by atoms with van der Waals surface area (Å²) in [5, 5.41) is 20.4. The van der Waals surface area contributed by atoms with E-state index in [2.05, 4.69) is 9.80 Å². The van der Waals surface area contributed by atoms with Gasteiger partial charge in [-0.2, -0.15) is 0 Å². The quantitative estimate of drug-likeness (QED) is 0.220. The van der Waals surface area contributed by atoms with Crippen LogP contribution in [0.1, 0.15) is 57.0 Å². The van der Waals surface area contributed by atoms with E-state index in [4.69, 9.17) is 0 Å². The molecule has 8 nitrogen and oxygen atoms in total. The molecular formula is C36H42FN3O5. The molecule has 2 aliphatic rings. The van der Waals surface area contributed by atoms with Gasteiger partial charge in [-0.1, -0.05) is 36.4 Å². The summed E-state index contributed by atoms with van der Waals surface area (Å²) in [7, 11) is 3.78. The average molecular weight is 616 g/mol. The molecule has 3 aromatic rings. The molecule has 2 fully saturated rings. The molecule has 0 saturated carbocycles. The standard InChI is InChI=1S/C36H42FN3O5/c1-23-29(13-6-14-32(23)37)34-30(35(44)24-8-4-11-27(42)18-24)20-40(21-31(34)36(45)25-9-5-12-28(43)19-25)33-15-17-39(33)16-7-10-26(22-41)38(2)3/h4-6,8-9,11-14,18-19,22,26,30-31,33-34,42-43H,7,10,15-17,20-21H2,1-3H3/t26?,30-,31+,33-,34?/m1/s1. The van der Waals surface area contributed by atoms with Crippen molar-refractivity contribution in [2.75, 3.05) is 40.3 Å². The molecule has 2 aliphatic heterocycles. The Kier molecular flexibility index (Phi) is 10.1. The van der Waals surface area contributed by atoms with E-state index in [0.29, 0.717) is 35.3 Å². The molecular weight excluding hydrogens is 573 g/mol. The minimum absolute atomic E-state index is 0.00699. The van der Waals surface area contributed by atoms with Crippen LogP contribution < -0.4 is 0 Å². The second kappa shape index (κ2) is 14.0. The van der Waals surface area contributed by atoms with Crippen LogP contribution in [0.15, 0.2) is 66.7 Å². The lowest BCUT2D eigenvalue weighted by atomic mass is 9.67. The highest BCUT2D eigenvalue weighted by Crippen LogP contribution is 2.44. The van der Waals surface area contributed by atoms with Crippen molar-refractivity contribution >= 4 is 17.9 Å². The third-order valence-corrected chi connectivity index (χ3v) is 9.62. The first-order valence-electron chi connectivity index (χ1n) is 15.6. The number of halogens is 1. The van der Waals surface area contributed by atoms with Gasteiger partial charge in [0.15, 0.2) is 11.6 Å². The van der Waals surface area contributed by atoms with E-state index in [1.807, 2.05) is 19.0 Å². The Morgan fingerprint density at radius 3 is 2.02 bits per heavy atom. The molecule has 3 aromatic carbocycles. The first-order valence-corrected chi connectivity index (χ1v) is 15.6. The van der Waals surface area contributed by atoms with Crippen molar-refractivity contribution in [1.29, 1.82) is 0 Å². The number of ketones is 2. The normalized spacial score (nSPS) is 23.0. The molecule has 5 rings (SSSR count). The Morgan fingerprint density at radius 2 is 1.53 bits per heavy atom. The minimum atomic E-state index is -0.706. The fourth-order valence-corrected chi connectivity index (χ4v) is 7.04. The van der Waals surface area contributed by atoms with Crippen LogP contribution in [0.4, 0.5) is 4.39 Å². The van der Waals surface area contributed by atoms with Gasteiger partial charge in [-0.3, -0.25) is 19.4 Å². The maximum atomic E-state index is 15.0. The average Bonchev–Trinajstić information content (AvgIpc) is 3.00. The highest BCUT2D eigenvalue weighted by Gasteiger charge is 2.48. The summed E-state index contributed by atoms with van der Waals surface area (Å²) >= 11 is 0. The minimum Gasteiger partial charge on any atom is -0.508 e. The Morgan fingerprint density at radius 1 is 0.956 bits per heavy atom. The number of carbonyl (C=O) groups excluding carboxylic acids is 3. The van der Waals surface area contributed by atoms with E-state index >= 15 is 4.39 Å². The molecule has 2 unspecified atom stereocenters. The number of likely N-dealkylation sites (N-methyl/N-ethyl adjacent to an activating group) is 1. The number of phenolic OH excluding ortho intramolecular Hbond substituents is 2. The highest BCUT2D eigenvalue weighted by molar-refractivity contribution is 6.02. The van der Waals surface area contributed by atoms with Crippen molar-refractivity contribution in [3.05, 3.63) is 94.8 Å². The van der Waals surface area contributed by atoms with E-state index in [9.17, 15) is 24.6 Å². The molecule has 0 bridgehead atoms. The SMILES string of the molecule is Cc1c(F)cccc1C1[C@@H](C(=O)c2cccc(O)c2)CN([C@@H]2CCN2CCCC(C=O)N(C)C)C[C@H]1C(=O)c1cccc(O)c1. The molecule has 0 spiro atoms. The van der Waals surface area contributed by atoms with Crippen molar-refractivity contribution in [1.82, 2.24) is 14.7 Å². The number of aldehydes is 1. The summed E-state index contributed by atoms with van der Waals surface area (Å²) < 4.78 is 15.0. The van der Waals surface area contributed by atoms with Gasteiger partial charge in [0, 0.05) is 48.5 Å². The first-order chi connectivity index (χ1) is 21.6. The molecule has 45 heavy (non-hydrogen) atoms. The van der Waals surface area contributed by atoms with Crippen LogP contribution in [0, 0.1) is 24.6 Å². The summed E-state index contributed by atoms with van der Waals surface area (Å²) in [4.78, 5) is 46.7. The van der Waals surface area contributed by atoms with Gasteiger partial charge in [-0.25, -0.2) is 4.39 Å². The zero-order valence-electron chi connectivity index (χ0n) is 26.1. The topological polar surface area (TPSA) is 101 Å². The van der Waals surface area contributed by atoms with E-state index in [0.717, 1.165) is 38.6 Å². The number of aromatic hydroxyl groups is 2. The summed E-state index contributed by atoms with van der Waals surface area (Å²) in [5.41, 5.74) is 1.67. The number of hydrogen-bond donors (Lipinski definition) is 2. The van der Waals surface area contributed by atoms with Gasteiger partial charge in [0.25, 0.3) is 0 Å². The number of benzene rings is 3. The van der Waals surface area contributed by atoms with Gasteiger partial charge in [-0.15, -0.1) is 0 Å². The summed E-state index contributed by atoms with van der Waals surface area (Å²) in [6.45, 7) is 4.04. The van der Waals surface area contributed by atoms with Crippen molar-refractivity contribution in [2.45, 2.75) is 44.3 Å². The van der Waals surface area contributed by atoms with Crippen LogP contribution >= 0.6 is 0 Å². The Balaban J connectivity index is 1.53. The molecule has 5 atom stereocenters. The smallest absolute Gasteiger partial charge is 0.167 e. The van der Waals surface area contributed by atoms with Crippen LogP contribution in [0.5, 0.6) is 11.5 Å². The van der Waals surface area contributed by atoms with Gasteiger partial charge >= 0.3 is 0 Å². The van der Waals surface area contributed by atoms with Gasteiger partial charge in [0.2, 0.25) is 0 Å². The predicted molar refractivity (Wildman–Crippen MR) is 170 cm³/mol. The second-order valence-corrected chi connectivity index (χ2v) is 12.6. The van der Waals surface area contributed by atoms with Crippen molar-refractivity contribution < 1.29 is 29.0 Å². The summed E-state index contributed by atoms with van der Waals surface area (Å²) in [6, 6.07) is 17.1. The van der Waals surface area contributed by atoms with E-state index < -0.39 is 23.6 Å². The molecule has 0 radical (unpaired) electrons. The largest absolute Gasteiger partial charge is 0.508 e. The molecule has 2 heterocycles. The van der Waals surface area contributed by atoms with Crippen LogP contribution in [-0.4, -0.2) is 95.2 Å². The lowest BCUT2D eigenvalue weighted by Gasteiger charge is -2.53. The monoisotopic (exact) mass is 615 g/mol. The maximum absolute atomic E-state index is 15.0. The van der Waals surface area contributed by atoms with Crippen molar-refractivity contribution in [2.24, 2.45) is 11.8 Å². The molecule has 9 heteroatoms. The van der Waals surface area contributed by atoms with Gasteiger partial charge in [-0.05, 0) is 88.3 Å². The van der Waals surface area contributed by atoms with Gasteiger partial charge in [0.05, 0.1) is 12.2 Å². The summed E-state index contributed by atoms with van der Waals surface area (Å²) in [6.07, 6.45) is 3.41. The maximum Gasteiger partial charge on any atom is 0.167 e. The first kappa shape index (κ1) is 32.5. The second-order valence-electron chi connectivity index (χ2n) is 12.6. The molecule has 238 valence electrons. The molecule has 2 saturated heterocycles. The number of nitrogens with zero attached hydrogens (tertiary/aromatic N) is 3. The van der Waals surface area contributed by atoms with E-state index in [-0.39, 0.29) is 35.3 Å². The van der Waals surface area contributed by atoms with Gasteiger partial charge < -0.3 is 19.9 Å². The lowest BCUT2D eigenvalue weighted by molar-refractivity contribution is -0.112. The van der Waals surface area contributed by atoms with Crippen molar-refractivity contribution in [3.63, 3.8) is 0 Å². The van der Waals surface area contributed by atoms with Crippen LogP contribution in [-0.2, 0) is 4.79 Å². The molecule has 0 aromatic heterocycles. The Hall–Kier alpha value is -3.92. The number of carbonyl (C=O) groups is 3. The van der Waals surface area contributed by atoms with E-state index in [1.165, 1.54) is 30.3 Å². The van der Waals surface area contributed by atoms with Crippen LogP contribution in [0.3, 0.4) is 0 Å². The molecule has 2 N–H and O–H groups in total. The predicted octanol–water partition coefficient (Wildman–Crippen LogP) is 4.88. The third kappa shape index (κ3) is 7.01. The van der Waals surface area contributed by atoms with Crippen molar-refractivity contribution in [3.8, 4) is 11.5 Å². The third-order valence-electron chi connectivity index (χ3n) is 9.62. The number of Topliss-reactive ketones (excluding diaryl/α,β-unsaturated/α-hetero) is 2. The number of phenols is 2. The van der Waals surface area contributed by atoms with Crippen LogP contribution in [0.2, 0.25) is 0 Å². The number of hydrogen-bond acceptors (Lipinski definition) is 8. The lowest BCUT2D eigenvalue weighted by Crippen LogP contribution is -2.63. The number of likely N-dealkylation sites (tertiary alicyclic amines) is 2. The van der Waals surface area contributed by atoms with Crippen LogP contribution in [0.25, 0.3) is 0 Å². The summed E-state index contributed by atoms with van der Waals surface area (Å²) in [5.74, 6) is -2.95. The molecule has 0 amide bonds. The number of piperidine rings is 1. The Labute approximate surface area is 264 Å². The van der Waals surface area contributed by atoms with Gasteiger partial charge in [0.1, 0.15) is 23.6 Å². The number of rotatable bonds is 12.